The molecule has 1 aromatic rings. The van der Waals surface area contributed by atoms with Gasteiger partial charge in [-0.1, -0.05) is 30.3 Å². The van der Waals surface area contributed by atoms with E-state index in [1.54, 1.807) is 30.3 Å². The van der Waals surface area contributed by atoms with Gasteiger partial charge in [-0.2, -0.15) is 0 Å². The van der Waals surface area contributed by atoms with Crippen molar-refractivity contribution in [3.63, 3.8) is 0 Å². The summed E-state index contributed by atoms with van der Waals surface area (Å²) in [5.41, 5.74) is 0.760. The summed E-state index contributed by atoms with van der Waals surface area (Å²) in [7, 11) is 0. The van der Waals surface area contributed by atoms with Crippen LogP contribution in [0, 0.1) is 0 Å². The molecule has 4 atom stereocenters. The molecule has 0 fully saturated rings. The van der Waals surface area contributed by atoms with Crippen molar-refractivity contribution < 1.29 is 35.1 Å². The zero-order valence-electron chi connectivity index (χ0n) is 12.4. The molecule has 0 bridgehead atoms. The predicted octanol–water partition coefficient (Wildman–Crippen LogP) is -2.08. The first-order valence-electron chi connectivity index (χ1n) is 7.04. The second-order valence-corrected chi connectivity index (χ2v) is 5.11. The van der Waals surface area contributed by atoms with E-state index >= 15 is 0 Å². The highest BCUT2D eigenvalue weighted by Crippen LogP contribution is 2.05. The lowest BCUT2D eigenvalue weighted by molar-refractivity contribution is -0.141. The van der Waals surface area contributed by atoms with Gasteiger partial charge < -0.3 is 25.5 Å². The molecule has 0 heterocycles. The molecule has 8 heteroatoms. The Hall–Kier alpha value is -1.84. The number of benzene rings is 1. The van der Waals surface area contributed by atoms with Crippen LogP contribution in [-0.2, 0) is 16.0 Å². The summed E-state index contributed by atoms with van der Waals surface area (Å²) < 4.78 is 0. The van der Waals surface area contributed by atoms with Crippen molar-refractivity contribution >= 4 is 11.8 Å². The fourth-order valence-electron chi connectivity index (χ4n) is 1.93. The standard InChI is InChI=1S/C15H21NO7/c17-8-12(19)14(21)13(20)11(18)7-16-10(15(22)23)6-9-4-2-1-3-5-9/h1-5,10,12-14,16-17,19-21H,6-8H2,(H,22,23)/t10-,12+,13+,14+/m0/s1. The molecule has 1 rings (SSSR count). The second-order valence-electron chi connectivity index (χ2n) is 5.11. The SMILES string of the molecule is O=C(O)[C@H](Cc1ccccc1)NCC(=O)[C@@H](O)[C@H](O)[C@H](O)CO. The number of aliphatic hydroxyl groups is 4. The molecule has 0 aliphatic carbocycles. The molecule has 128 valence electrons. The normalized spacial score (nSPS) is 16.3. The van der Waals surface area contributed by atoms with Gasteiger partial charge in [0.1, 0.15) is 24.4 Å². The number of nitrogens with one attached hydrogen (secondary N) is 1. The number of carboxylic acid groups (broad SMARTS) is 1. The van der Waals surface area contributed by atoms with Gasteiger partial charge in [-0.05, 0) is 12.0 Å². The Balaban J connectivity index is 2.58. The van der Waals surface area contributed by atoms with E-state index in [4.69, 9.17) is 10.2 Å². The van der Waals surface area contributed by atoms with Crippen LogP contribution in [0.5, 0.6) is 0 Å². The van der Waals surface area contributed by atoms with Crippen LogP contribution in [0.25, 0.3) is 0 Å². The number of carbonyl (C=O) groups is 2. The van der Waals surface area contributed by atoms with Crippen LogP contribution < -0.4 is 5.32 Å². The van der Waals surface area contributed by atoms with Gasteiger partial charge in [-0.15, -0.1) is 0 Å². The van der Waals surface area contributed by atoms with Crippen molar-refractivity contribution in [2.45, 2.75) is 30.8 Å². The number of aliphatic carboxylic acids is 1. The van der Waals surface area contributed by atoms with Crippen molar-refractivity contribution in [2.24, 2.45) is 0 Å². The van der Waals surface area contributed by atoms with Gasteiger partial charge in [0.25, 0.3) is 0 Å². The molecule has 0 aliphatic rings. The van der Waals surface area contributed by atoms with Gasteiger partial charge in [0.15, 0.2) is 5.78 Å². The Morgan fingerprint density at radius 3 is 2.22 bits per heavy atom. The minimum atomic E-state index is -1.92. The zero-order chi connectivity index (χ0) is 17.4. The molecular weight excluding hydrogens is 306 g/mol. The van der Waals surface area contributed by atoms with Gasteiger partial charge in [0.2, 0.25) is 0 Å². The monoisotopic (exact) mass is 327 g/mol. The summed E-state index contributed by atoms with van der Waals surface area (Å²) in [5, 5.41) is 48.5. The highest BCUT2D eigenvalue weighted by Gasteiger charge is 2.30. The van der Waals surface area contributed by atoms with E-state index in [-0.39, 0.29) is 6.42 Å². The number of Topliss-reactive ketones (excluding diaryl/α,β-unsaturated/α-hetero) is 1. The first-order chi connectivity index (χ1) is 10.9. The van der Waals surface area contributed by atoms with E-state index < -0.39 is 49.3 Å². The molecule has 0 aromatic heterocycles. The van der Waals surface area contributed by atoms with Crippen LogP contribution >= 0.6 is 0 Å². The number of carbonyl (C=O) groups excluding carboxylic acids is 1. The van der Waals surface area contributed by atoms with Crippen LogP contribution in [0.2, 0.25) is 0 Å². The fourth-order valence-corrected chi connectivity index (χ4v) is 1.93. The molecule has 0 saturated heterocycles. The Kier molecular flexibility index (Phi) is 7.79. The molecule has 0 spiro atoms. The van der Waals surface area contributed by atoms with Gasteiger partial charge in [0, 0.05) is 0 Å². The van der Waals surface area contributed by atoms with Crippen LogP contribution in [-0.4, -0.2) is 74.8 Å². The topological polar surface area (TPSA) is 147 Å². The van der Waals surface area contributed by atoms with Crippen LogP contribution in [0.1, 0.15) is 5.56 Å². The Bertz CT molecular complexity index is 508. The molecular formula is C15H21NO7. The molecule has 6 N–H and O–H groups in total. The molecule has 0 radical (unpaired) electrons. The predicted molar refractivity (Wildman–Crippen MR) is 79.7 cm³/mol. The third-order valence-electron chi connectivity index (χ3n) is 3.34. The smallest absolute Gasteiger partial charge is 0.321 e. The quantitative estimate of drug-likeness (QED) is 0.287. The maximum atomic E-state index is 11.7. The summed E-state index contributed by atoms with van der Waals surface area (Å²) in [6.45, 7) is -1.31. The Morgan fingerprint density at radius 1 is 1.09 bits per heavy atom. The second kappa shape index (κ2) is 9.33. The van der Waals surface area contributed by atoms with Crippen molar-refractivity contribution in [1.29, 1.82) is 0 Å². The molecule has 8 nitrogen and oxygen atoms in total. The Morgan fingerprint density at radius 2 is 1.70 bits per heavy atom. The van der Waals surface area contributed by atoms with Gasteiger partial charge >= 0.3 is 5.97 Å². The number of rotatable bonds is 10. The van der Waals surface area contributed by atoms with E-state index in [0.29, 0.717) is 0 Å². The highest BCUT2D eigenvalue weighted by atomic mass is 16.4. The summed E-state index contributed by atoms with van der Waals surface area (Å²) in [6.07, 6.45) is -5.28. The van der Waals surface area contributed by atoms with Crippen LogP contribution in [0.15, 0.2) is 30.3 Å². The minimum absolute atomic E-state index is 0.140. The third kappa shape index (κ3) is 6.05. The molecule has 0 unspecified atom stereocenters. The Labute approximate surface area is 133 Å². The minimum Gasteiger partial charge on any atom is -0.480 e. The molecule has 0 saturated carbocycles. The van der Waals surface area contributed by atoms with Crippen LogP contribution in [0.4, 0.5) is 0 Å². The first kappa shape index (κ1) is 19.2. The lowest BCUT2D eigenvalue weighted by Gasteiger charge is -2.21. The number of carboxylic acids is 1. The summed E-state index contributed by atoms with van der Waals surface area (Å²) in [4.78, 5) is 22.9. The number of hydrogen-bond acceptors (Lipinski definition) is 7. The number of hydrogen-bond donors (Lipinski definition) is 6. The number of ketones is 1. The average molecular weight is 327 g/mol. The average Bonchev–Trinajstić information content (AvgIpc) is 2.56. The molecule has 0 aliphatic heterocycles. The summed E-state index contributed by atoms with van der Waals surface area (Å²) >= 11 is 0. The lowest BCUT2D eigenvalue weighted by atomic mass is 10.0. The lowest BCUT2D eigenvalue weighted by Crippen LogP contribution is -2.49. The van der Waals surface area contributed by atoms with Crippen molar-refractivity contribution in [1.82, 2.24) is 5.32 Å². The van der Waals surface area contributed by atoms with Gasteiger partial charge in [-0.25, -0.2) is 0 Å². The first-order valence-corrected chi connectivity index (χ1v) is 7.04. The zero-order valence-corrected chi connectivity index (χ0v) is 12.4. The van der Waals surface area contributed by atoms with E-state index in [9.17, 15) is 24.9 Å². The molecule has 0 amide bonds. The van der Waals surface area contributed by atoms with E-state index in [2.05, 4.69) is 5.32 Å². The summed E-state index contributed by atoms with van der Waals surface area (Å²) in [6, 6.07) is 7.76. The van der Waals surface area contributed by atoms with Crippen molar-refractivity contribution in [3.05, 3.63) is 35.9 Å². The van der Waals surface area contributed by atoms with Crippen molar-refractivity contribution in [3.8, 4) is 0 Å². The van der Waals surface area contributed by atoms with Gasteiger partial charge in [0.05, 0.1) is 13.2 Å². The van der Waals surface area contributed by atoms with Crippen molar-refractivity contribution in [2.75, 3.05) is 13.2 Å². The largest absolute Gasteiger partial charge is 0.480 e. The maximum absolute atomic E-state index is 11.7. The van der Waals surface area contributed by atoms with Gasteiger partial charge in [-0.3, -0.25) is 14.9 Å². The third-order valence-corrected chi connectivity index (χ3v) is 3.34. The molecule has 23 heavy (non-hydrogen) atoms. The molecule has 1 aromatic carbocycles. The fraction of sp³-hybridized carbons (Fsp3) is 0.467. The maximum Gasteiger partial charge on any atom is 0.321 e. The van der Waals surface area contributed by atoms with E-state index in [1.165, 1.54) is 0 Å². The number of aliphatic hydroxyl groups excluding tert-OH is 4. The van der Waals surface area contributed by atoms with E-state index in [0.717, 1.165) is 5.56 Å². The highest BCUT2D eigenvalue weighted by molar-refractivity contribution is 5.86. The van der Waals surface area contributed by atoms with E-state index in [1.807, 2.05) is 0 Å². The van der Waals surface area contributed by atoms with Crippen LogP contribution in [0.3, 0.4) is 0 Å². The summed E-state index contributed by atoms with van der Waals surface area (Å²) in [5.74, 6) is -2.05.